The van der Waals surface area contributed by atoms with Crippen molar-refractivity contribution < 1.29 is 19.1 Å². The van der Waals surface area contributed by atoms with Crippen LogP contribution in [0.2, 0.25) is 0 Å². The molecular weight excluding hydrogens is 430 g/mol. The molecule has 4 rings (SSSR count). The summed E-state index contributed by atoms with van der Waals surface area (Å²) in [7, 11) is 0. The summed E-state index contributed by atoms with van der Waals surface area (Å²) in [6, 6.07) is 13.6. The first-order chi connectivity index (χ1) is 13.1. The molecule has 1 N–H and O–H groups in total. The minimum Gasteiger partial charge on any atom is -0.503 e. The lowest BCUT2D eigenvalue weighted by atomic mass is 9.95. The van der Waals surface area contributed by atoms with Crippen molar-refractivity contribution in [2.45, 2.75) is 12.6 Å². The Kier molecular flexibility index (Phi) is 4.72. The molecule has 7 heteroatoms. The monoisotopic (exact) mass is 443 g/mol. The number of ketones is 1. The Balaban J connectivity index is 1.80. The van der Waals surface area contributed by atoms with E-state index in [0.29, 0.717) is 10.6 Å². The Morgan fingerprint density at radius 1 is 1.19 bits per heavy atom. The van der Waals surface area contributed by atoms with E-state index in [-0.39, 0.29) is 17.9 Å². The van der Waals surface area contributed by atoms with E-state index in [1.54, 1.807) is 29.6 Å². The number of thiophene rings is 1. The van der Waals surface area contributed by atoms with Crippen LogP contribution in [0.1, 0.15) is 27.0 Å². The largest absolute Gasteiger partial charge is 0.503 e. The number of rotatable bonds is 5. The molecule has 1 aliphatic rings. The molecule has 1 unspecified atom stereocenters. The molecule has 1 aromatic carbocycles. The van der Waals surface area contributed by atoms with Gasteiger partial charge in [0.15, 0.2) is 5.76 Å². The van der Waals surface area contributed by atoms with Gasteiger partial charge in [-0.2, -0.15) is 0 Å². The Hall–Kier alpha value is -2.64. The first-order valence-electron chi connectivity index (χ1n) is 8.16. The van der Waals surface area contributed by atoms with E-state index < -0.39 is 17.7 Å². The van der Waals surface area contributed by atoms with Crippen LogP contribution < -0.4 is 0 Å². The SMILES string of the molecule is O=C(C1=C(O)C(=O)N(Cc2ccco2)C1c1ccc(Br)cc1)c1cccs1. The predicted octanol–water partition coefficient (Wildman–Crippen LogP) is 4.88. The van der Waals surface area contributed by atoms with Crippen molar-refractivity contribution in [2.24, 2.45) is 0 Å². The van der Waals surface area contributed by atoms with Gasteiger partial charge < -0.3 is 14.4 Å². The molecule has 0 saturated carbocycles. The van der Waals surface area contributed by atoms with Gasteiger partial charge in [-0.25, -0.2) is 0 Å². The van der Waals surface area contributed by atoms with Crippen LogP contribution in [0.4, 0.5) is 0 Å². The van der Waals surface area contributed by atoms with Crippen molar-refractivity contribution in [3.8, 4) is 0 Å². The summed E-state index contributed by atoms with van der Waals surface area (Å²) < 4.78 is 6.25. The van der Waals surface area contributed by atoms with Crippen LogP contribution in [-0.2, 0) is 11.3 Å². The van der Waals surface area contributed by atoms with E-state index in [2.05, 4.69) is 15.9 Å². The third-order valence-corrected chi connectivity index (χ3v) is 5.78. The van der Waals surface area contributed by atoms with Gasteiger partial charge >= 0.3 is 0 Å². The highest BCUT2D eigenvalue weighted by Crippen LogP contribution is 2.40. The molecule has 0 spiro atoms. The van der Waals surface area contributed by atoms with E-state index in [1.165, 1.54) is 22.5 Å². The number of halogens is 1. The first-order valence-corrected chi connectivity index (χ1v) is 9.83. The van der Waals surface area contributed by atoms with Crippen molar-refractivity contribution in [1.29, 1.82) is 0 Å². The van der Waals surface area contributed by atoms with E-state index in [0.717, 1.165) is 10.0 Å². The number of hydrogen-bond donors (Lipinski definition) is 1. The van der Waals surface area contributed by atoms with Crippen molar-refractivity contribution in [2.75, 3.05) is 0 Å². The second kappa shape index (κ2) is 7.17. The van der Waals surface area contributed by atoms with Crippen LogP contribution >= 0.6 is 27.3 Å². The van der Waals surface area contributed by atoms with Crippen molar-refractivity contribution in [1.82, 2.24) is 4.90 Å². The summed E-state index contributed by atoms with van der Waals surface area (Å²) in [5, 5.41) is 12.3. The molecule has 0 fully saturated rings. The molecule has 27 heavy (non-hydrogen) atoms. The molecule has 3 heterocycles. The number of benzene rings is 1. The predicted molar refractivity (Wildman–Crippen MR) is 104 cm³/mol. The lowest BCUT2D eigenvalue weighted by molar-refractivity contribution is -0.130. The van der Waals surface area contributed by atoms with Crippen LogP contribution in [0, 0.1) is 0 Å². The highest BCUT2D eigenvalue weighted by molar-refractivity contribution is 9.10. The summed E-state index contributed by atoms with van der Waals surface area (Å²) in [6.45, 7) is 0.151. The smallest absolute Gasteiger partial charge is 0.290 e. The standard InChI is InChI=1S/C20H14BrNO4S/c21-13-7-5-12(6-8-13)17-16(18(23)15-4-2-10-27-15)19(24)20(25)22(17)11-14-3-1-9-26-14/h1-10,17,24H,11H2. The normalized spacial score (nSPS) is 17.0. The van der Waals surface area contributed by atoms with Gasteiger partial charge in [0.1, 0.15) is 5.76 Å². The number of aliphatic hydroxyl groups is 1. The number of nitrogens with zero attached hydrogens (tertiary/aromatic N) is 1. The van der Waals surface area contributed by atoms with Crippen molar-refractivity contribution >= 4 is 39.0 Å². The number of Topliss-reactive ketones (excluding diaryl/α,β-unsaturated/α-hetero) is 1. The fourth-order valence-electron chi connectivity index (χ4n) is 3.15. The Labute approximate surface area is 167 Å². The lowest BCUT2D eigenvalue weighted by Gasteiger charge is -2.26. The lowest BCUT2D eigenvalue weighted by Crippen LogP contribution is -2.30. The maximum Gasteiger partial charge on any atom is 0.290 e. The second-order valence-corrected chi connectivity index (χ2v) is 7.90. The van der Waals surface area contributed by atoms with E-state index in [1.807, 2.05) is 24.3 Å². The molecule has 2 aromatic heterocycles. The third kappa shape index (κ3) is 3.24. The summed E-state index contributed by atoms with van der Waals surface area (Å²) in [6.07, 6.45) is 1.52. The third-order valence-electron chi connectivity index (χ3n) is 4.39. The molecule has 0 radical (unpaired) electrons. The number of carbonyl (C=O) groups excluding carboxylic acids is 2. The van der Waals surface area contributed by atoms with E-state index >= 15 is 0 Å². The van der Waals surface area contributed by atoms with Crippen LogP contribution in [0.15, 0.2) is 80.4 Å². The summed E-state index contributed by atoms with van der Waals surface area (Å²) in [5.41, 5.74) is 0.832. The molecule has 1 aliphatic heterocycles. The zero-order valence-electron chi connectivity index (χ0n) is 14.0. The maximum absolute atomic E-state index is 13.0. The van der Waals surface area contributed by atoms with E-state index in [4.69, 9.17) is 4.42 Å². The highest BCUT2D eigenvalue weighted by Gasteiger charge is 2.44. The van der Waals surface area contributed by atoms with Crippen LogP contribution in [0.5, 0.6) is 0 Å². The number of carbonyl (C=O) groups is 2. The summed E-state index contributed by atoms with van der Waals surface area (Å²) >= 11 is 4.67. The average molecular weight is 444 g/mol. The number of aliphatic hydroxyl groups excluding tert-OH is 1. The first kappa shape index (κ1) is 17.8. The van der Waals surface area contributed by atoms with Gasteiger partial charge in [-0.1, -0.05) is 34.1 Å². The van der Waals surface area contributed by atoms with Gasteiger partial charge in [-0.15, -0.1) is 11.3 Å². The highest BCUT2D eigenvalue weighted by atomic mass is 79.9. The molecule has 3 aromatic rings. The Morgan fingerprint density at radius 3 is 2.59 bits per heavy atom. The quantitative estimate of drug-likeness (QED) is 0.570. The molecule has 1 atom stereocenters. The zero-order chi connectivity index (χ0) is 19.0. The molecule has 1 amide bonds. The van der Waals surface area contributed by atoms with Crippen LogP contribution in [0.3, 0.4) is 0 Å². The van der Waals surface area contributed by atoms with Gasteiger partial charge in [-0.3, -0.25) is 9.59 Å². The van der Waals surface area contributed by atoms with Gasteiger partial charge in [0.25, 0.3) is 5.91 Å². The van der Waals surface area contributed by atoms with Crippen molar-refractivity contribution in [3.63, 3.8) is 0 Å². The molecule has 5 nitrogen and oxygen atoms in total. The van der Waals surface area contributed by atoms with Gasteiger partial charge in [0.2, 0.25) is 5.78 Å². The fraction of sp³-hybridized carbons (Fsp3) is 0.100. The van der Waals surface area contributed by atoms with Gasteiger partial charge in [-0.05, 0) is 41.3 Å². The Morgan fingerprint density at radius 2 is 1.96 bits per heavy atom. The number of amides is 1. The van der Waals surface area contributed by atoms with E-state index in [9.17, 15) is 14.7 Å². The molecule has 0 aliphatic carbocycles. The minimum absolute atomic E-state index is 0.0938. The second-order valence-electron chi connectivity index (χ2n) is 6.04. The molecule has 136 valence electrons. The minimum atomic E-state index is -0.690. The molecule has 0 bridgehead atoms. The van der Waals surface area contributed by atoms with Gasteiger partial charge in [0, 0.05) is 4.47 Å². The van der Waals surface area contributed by atoms with Gasteiger partial charge in [0.05, 0.1) is 29.3 Å². The van der Waals surface area contributed by atoms with Crippen LogP contribution in [-0.4, -0.2) is 21.7 Å². The average Bonchev–Trinajstić information content (AvgIpc) is 3.41. The fourth-order valence-corrected chi connectivity index (χ4v) is 4.09. The molecular formula is C20H14BrNO4S. The summed E-state index contributed by atoms with van der Waals surface area (Å²) in [5.74, 6) is -0.860. The number of hydrogen-bond acceptors (Lipinski definition) is 5. The van der Waals surface area contributed by atoms with Crippen molar-refractivity contribution in [3.05, 3.63) is 92.2 Å². The maximum atomic E-state index is 13.0. The number of furan rings is 1. The molecule has 0 saturated heterocycles. The van der Waals surface area contributed by atoms with Crippen LogP contribution in [0.25, 0.3) is 0 Å². The zero-order valence-corrected chi connectivity index (χ0v) is 16.4. The summed E-state index contributed by atoms with van der Waals surface area (Å²) in [4.78, 5) is 27.8. The topological polar surface area (TPSA) is 70.8 Å². The Bertz CT molecular complexity index is 1010.